The van der Waals surface area contributed by atoms with Crippen molar-refractivity contribution in [3.8, 4) is 5.75 Å². The molecule has 2 aliphatic rings. The molecule has 3 rings (SSSR count). The first-order valence-electron chi connectivity index (χ1n) is 8.45. The summed E-state index contributed by atoms with van der Waals surface area (Å²) in [6, 6.07) is 5.63. The molecule has 1 amide bonds. The van der Waals surface area contributed by atoms with Crippen LogP contribution in [0.25, 0.3) is 0 Å². The maximum absolute atomic E-state index is 12.9. The van der Waals surface area contributed by atoms with Crippen LogP contribution in [-0.2, 0) is 9.84 Å². The third-order valence-electron chi connectivity index (χ3n) is 4.90. The highest BCUT2D eigenvalue weighted by atomic mass is 32.2. The van der Waals surface area contributed by atoms with E-state index in [1.165, 1.54) is 17.7 Å². The highest BCUT2D eigenvalue weighted by Crippen LogP contribution is 2.28. The molecule has 0 spiro atoms. The second-order valence-electron chi connectivity index (χ2n) is 7.03. The predicted molar refractivity (Wildman–Crippen MR) is 96.4 cm³/mol. The third-order valence-corrected chi connectivity index (χ3v) is 6.60. The molecule has 136 valence electrons. The van der Waals surface area contributed by atoms with Crippen LogP contribution in [0.1, 0.15) is 24.2 Å². The first-order chi connectivity index (χ1) is 11.8. The van der Waals surface area contributed by atoms with E-state index < -0.39 is 9.84 Å². The molecule has 2 unspecified atom stereocenters. The number of aromatic hydroxyl groups is 1. The van der Waals surface area contributed by atoms with Crippen LogP contribution in [-0.4, -0.2) is 72.5 Å². The summed E-state index contributed by atoms with van der Waals surface area (Å²) in [5.41, 5.74) is 1.67. The van der Waals surface area contributed by atoms with Crippen LogP contribution in [0, 0.1) is 0 Å². The Morgan fingerprint density at radius 1 is 1.16 bits per heavy atom. The van der Waals surface area contributed by atoms with Gasteiger partial charge in [0.05, 0.1) is 17.5 Å². The molecule has 25 heavy (non-hydrogen) atoms. The third kappa shape index (κ3) is 3.88. The molecule has 1 aromatic rings. The molecule has 1 aromatic carbocycles. The number of piperazine rings is 1. The van der Waals surface area contributed by atoms with Crippen LogP contribution in [0.4, 0.5) is 0 Å². The Labute approximate surface area is 148 Å². The largest absolute Gasteiger partial charge is 0.508 e. The molecule has 0 saturated carbocycles. The molecule has 0 bridgehead atoms. The monoisotopic (exact) mass is 364 g/mol. The summed E-state index contributed by atoms with van der Waals surface area (Å²) < 4.78 is 24.4. The Morgan fingerprint density at radius 2 is 1.80 bits per heavy atom. The van der Waals surface area contributed by atoms with E-state index in [0.29, 0.717) is 25.2 Å². The van der Waals surface area contributed by atoms with E-state index in [1.807, 2.05) is 13.8 Å². The number of phenols is 1. The average molecular weight is 364 g/mol. The first-order valence-corrected chi connectivity index (χ1v) is 10.3. The van der Waals surface area contributed by atoms with Crippen molar-refractivity contribution in [1.82, 2.24) is 9.80 Å². The standard InChI is InChI=1S/C18H24N2O4S/c1-13(2)7-8-19-9-10-20(17-12-25(23,24)11-16(17)19)18(22)14-3-5-15(21)6-4-14/h3-7,16-17,21H,8-12H2,1-2H3. The number of allylic oxidation sites excluding steroid dienone is 1. The Balaban J connectivity index is 1.84. The molecular weight excluding hydrogens is 340 g/mol. The molecule has 6 nitrogen and oxygen atoms in total. The SMILES string of the molecule is CC(C)=CCN1CCN(C(=O)c2ccc(O)cc2)C2CS(=O)(=O)CC21. The number of nitrogens with zero attached hydrogens (tertiary/aromatic N) is 2. The lowest BCUT2D eigenvalue weighted by Crippen LogP contribution is -2.60. The summed E-state index contributed by atoms with van der Waals surface area (Å²) >= 11 is 0. The summed E-state index contributed by atoms with van der Waals surface area (Å²) in [4.78, 5) is 16.7. The maximum atomic E-state index is 12.9. The molecule has 1 N–H and O–H groups in total. The normalized spacial score (nSPS) is 25.4. The van der Waals surface area contributed by atoms with Crippen molar-refractivity contribution in [3.63, 3.8) is 0 Å². The zero-order valence-electron chi connectivity index (χ0n) is 14.6. The molecule has 0 aromatic heterocycles. The number of fused-ring (bicyclic) bond motifs is 1. The van der Waals surface area contributed by atoms with Gasteiger partial charge in [-0.2, -0.15) is 0 Å². The predicted octanol–water partition coefficient (Wildman–Crippen LogP) is 1.28. The fourth-order valence-corrected chi connectivity index (χ4v) is 5.59. The van der Waals surface area contributed by atoms with E-state index in [2.05, 4.69) is 11.0 Å². The van der Waals surface area contributed by atoms with Crippen molar-refractivity contribution >= 4 is 15.7 Å². The van der Waals surface area contributed by atoms with E-state index in [1.54, 1.807) is 17.0 Å². The summed E-state index contributed by atoms with van der Waals surface area (Å²) in [5.74, 6) is 0.0545. The number of rotatable bonds is 3. The average Bonchev–Trinajstić information content (AvgIpc) is 2.87. The molecule has 0 aliphatic carbocycles. The fraction of sp³-hybridized carbons (Fsp3) is 0.500. The van der Waals surface area contributed by atoms with Gasteiger partial charge in [0.2, 0.25) is 0 Å². The van der Waals surface area contributed by atoms with Gasteiger partial charge in [-0.05, 0) is 38.1 Å². The summed E-state index contributed by atoms with van der Waals surface area (Å²) in [6.07, 6.45) is 2.10. The van der Waals surface area contributed by atoms with Gasteiger partial charge in [0, 0.05) is 31.2 Å². The second kappa shape index (κ2) is 6.80. The zero-order chi connectivity index (χ0) is 18.2. The number of sulfone groups is 1. The molecule has 2 heterocycles. The lowest BCUT2D eigenvalue weighted by molar-refractivity contribution is 0.0368. The van der Waals surface area contributed by atoms with Crippen molar-refractivity contribution in [1.29, 1.82) is 0 Å². The molecule has 2 atom stereocenters. The molecular formula is C18H24N2O4S. The molecule has 0 radical (unpaired) electrons. The highest BCUT2D eigenvalue weighted by molar-refractivity contribution is 7.91. The van der Waals surface area contributed by atoms with Crippen LogP contribution >= 0.6 is 0 Å². The topological polar surface area (TPSA) is 77.9 Å². The minimum absolute atomic E-state index is 0.0206. The fourth-order valence-electron chi connectivity index (χ4n) is 3.57. The number of benzene rings is 1. The van der Waals surface area contributed by atoms with Crippen molar-refractivity contribution in [2.75, 3.05) is 31.1 Å². The zero-order valence-corrected chi connectivity index (χ0v) is 15.4. The van der Waals surface area contributed by atoms with E-state index in [4.69, 9.17) is 0 Å². The minimum Gasteiger partial charge on any atom is -0.508 e. The Morgan fingerprint density at radius 3 is 2.44 bits per heavy atom. The van der Waals surface area contributed by atoms with Crippen LogP contribution < -0.4 is 0 Å². The molecule has 2 saturated heterocycles. The highest BCUT2D eigenvalue weighted by Gasteiger charge is 2.47. The van der Waals surface area contributed by atoms with E-state index in [0.717, 1.165) is 0 Å². The van der Waals surface area contributed by atoms with E-state index >= 15 is 0 Å². The lowest BCUT2D eigenvalue weighted by atomic mass is 10.0. The Hall–Kier alpha value is -1.86. The number of carbonyl (C=O) groups excluding carboxylic acids is 1. The lowest BCUT2D eigenvalue weighted by Gasteiger charge is -2.43. The number of carbonyl (C=O) groups is 1. The van der Waals surface area contributed by atoms with Gasteiger partial charge in [0.1, 0.15) is 5.75 Å². The molecule has 7 heteroatoms. The van der Waals surface area contributed by atoms with Crippen molar-refractivity contribution in [2.24, 2.45) is 0 Å². The number of amides is 1. The smallest absolute Gasteiger partial charge is 0.254 e. The quantitative estimate of drug-likeness (QED) is 0.818. The van der Waals surface area contributed by atoms with Gasteiger partial charge in [-0.3, -0.25) is 9.69 Å². The van der Waals surface area contributed by atoms with Crippen molar-refractivity contribution < 1.29 is 18.3 Å². The van der Waals surface area contributed by atoms with Crippen LogP contribution in [0.2, 0.25) is 0 Å². The second-order valence-corrected chi connectivity index (χ2v) is 9.19. The van der Waals surface area contributed by atoms with Gasteiger partial charge >= 0.3 is 0 Å². The van der Waals surface area contributed by atoms with E-state index in [9.17, 15) is 18.3 Å². The van der Waals surface area contributed by atoms with Gasteiger partial charge in [-0.25, -0.2) is 8.42 Å². The Bertz CT molecular complexity index is 782. The summed E-state index contributed by atoms with van der Waals surface area (Å²) in [7, 11) is -3.15. The van der Waals surface area contributed by atoms with Crippen LogP contribution in [0.3, 0.4) is 0 Å². The van der Waals surface area contributed by atoms with Gasteiger partial charge in [0.25, 0.3) is 5.91 Å². The molecule has 2 fully saturated rings. The number of hydrogen-bond acceptors (Lipinski definition) is 5. The first kappa shape index (κ1) is 17.9. The minimum atomic E-state index is -3.15. The van der Waals surface area contributed by atoms with Crippen molar-refractivity contribution in [2.45, 2.75) is 25.9 Å². The van der Waals surface area contributed by atoms with E-state index in [-0.39, 0.29) is 35.2 Å². The van der Waals surface area contributed by atoms with Gasteiger partial charge in [-0.1, -0.05) is 11.6 Å². The van der Waals surface area contributed by atoms with Gasteiger partial charge in [0.15, 0.2) is 9.84 Å². The summed E-state index contributed by atoms with van der Waals surface area (Å²) in [6.45, 7) is 5.92. The van der Waals surface area contributed by atoms with Crippen molar-refractivity contribution in [3.05, 3.63) is 41.5 Å². The number of phenolic OH excluding ortho intramolecular Hbond substituents is 1. The summed E-state index contributed by atoms with van der Waals surface area (Å²) in [5, 5.41) is 9.39. The van der Waals surface area contributed by atoms with Gasteiger partial charge < -0.3 is 10.0 Å². The van der Waals surface area contributed by atoms with Gasteiger partial charge in [-0.15, -0.1) is 0 Å². The maximum Gasteiger partial charge on any atom is 0.254 e. The van der Waals surface area contributed by atoms with Crippen LogP contribution in [0.15, 0.2) is 35.9 Å². The number of hydrogen-bond donors (Lipinski definition) is 1. The van der Waals surface area contributed by atoms with Crippen LogP contribution in [0.5, 0.6) is 5.75 Å². The Kier molecular flexibility index (Phi) is 4.88. The molecule has 2 aliphatic heterocycles.